The zero-order chi connectivity index (χ0) is 18.6. The fraction of sp³-hybridized carbons (Fsp3) is 0.476. The SMILES string of the molecule is COc1ccccc1NC(=O)NC1CC2CCCC(C1)N2Cc1cccs1. The van der Waals surface area contributed by atoms with Gasteiger partial charge in [0.05, 0.1) is 12.8 Å². The van der Waals surface area contributed by atoms with Gasteiger partial charge in [-0.3, -0.25) is 4.90 Å². The van der Waals surface area contributed by atoms with Crippen molar-refractivity contribution in [1.82, 2.24) is 10.2 Å². The maximum absolute atomic E-state index is 12.5. The lowest BCUT2D eigenvalue weighted by molar-refractivity contribution is 0.0208. The van der Waals surface area contributed by atoms with Crippen LogP contribution in [-0.4, -0.2) is 36.2 Å². The Labute approximate surface area is 164 Å². The molecule has 2 aliphatic heterocycles. The minimum atomic E-state index is -0.144. The smallest absolute Gasteiger partial charge is 0.319 e. The number of carbonyl (C=O) groups excluding carboxylic acids is 1. The van der Waals surface area contributed by atoms with Crippen molar-refractivity contribution in [2.24, 2.45) is 0 Å². The standard InChI is InChI=1S/C21H27N3O2S/c1-26-20-10-3-2-9-19(20)23-21(25)22-15-12-16-6-4-7-17(13-15)24(16)14-18-8-5-11-27-18/h2-3,5,8-11,15-17H,4,6-7,12-14H2,1H3,(H2,22,23,25). The number of ether oxygens (including phenoxy) is 1. The molecular weight excluding hydrogens is 358 g/mol. The summed E-state index contributed by atoms with van der Waals surface area (Å²) in [4.78, 5) is 16.6. The van der Waals surface area contributed by atoms with E-state index in [-0.39, 0.29) is 12.1 Å². The molecule has 1 aromatic heterocycles. The van der Waals surface area contributed by atoms with Crippen LogP contribution in [-0.2, 0) is 6.54 Å². The zero-order valence-corrected chi connectivity index (χ0v) is 16.5. The molecule has 27 heavy (non-hydrogen) atoms. The summed E-state index contributed by atoms with van der Waals surface area (Å²) in [5.41, 5.74) is 0.702. The Hall–Kier alpha value is -2.05. The van der Waals surface area contributed by atoms with Gasteiger partial charge in [0, 0.05) is 29.5 Å². The molecule has 5 nitrogen and oxygen atoms in total. The van der Waals surface area contributed by atoms with Gasteiger partial charge < -0.3 is 15.4 Å². The molecule has 3 heterocycles. The van der Waals surface area contributed by atoms with Gasteiger partial charge in [-0.15, -0.1) is 11.3 Å². The molecule has 0 spiro atoms. The van der Waals surface area contributed by atoms with Crippen LogP contribution in [0.15, 0.2) is 41.8 Å². The van der Waals surface area contributed by atoms with E-state index in [0.29, 0.717) is 23.5 Å². The predicted molar refractivity (Wildman–Crippen MR) is 109 cm³/mol. The number of nitrogens with zero attached hydrogens (tertiary/aromatic N) is 1. The van der Waals surface area contributed by atoms with Crippen molar-refractivity contribution in [2.45, 2.75) is 56.8 Å². The van der Waals surface area contributed by atoms with Gasteiger partial charge >= 0.3 is 6.03 Å². The number of urea groups is 1. The highest BCUT2D eigenvalue weighted by Gasteiger charge is 2.38. The molecular formula is C21H27N3O2S. The van der Waals surface area contributed by atoms with E-state index in [1.807, 2.05) is 35.6 Å². The van der Waals surface area contributed by atoms with Gasteiger partial charge in [0.1, 0.15) is 5.75 Å². The van der Waals surface area contributed by atoms with Crippen molar-refractivity contribution in [2.75, 3.05) is 12.4 Å². The Balaban J connectivity index is 1.36. The van der Waals surface area contributed by atoms with Crippen molar-refractivity contribution in [3.63, 3.8) is 0 Å². The second-order valence-electron chi connectivity index (χ2n) is 7.46. The number of carbonyl (C=O) groups is 1. The minimum absolute atomic E-state index is 0.144. The number of thiophene rings is 1. The number of methoxy groups -OCH3 is 1. The van der Waals surface area contributed by atoms with Gasteiger partial charge in [0.25, 0.3) is 0 Å². The molecule has 0 aliphatic carbocycles. The monoisotopic (exact) mass is 385 g/mol. The van der Waals surface area contributed by atoms with Crippen molar-refractivity contribution >= 4 is 23.1 Å². The summed E-state index contributed by atoms with van der Waals surface area (Å²) in [6, 6.07) is 13.1. The summed E-state index contributed by atoms with van der Waals surface area (Å²) >= 11 is 1.84. The van der Waals surface area contributed by atoms with Crippen LogP contribution in [0.5, 0.6) is 5.75 Å². The van der Waals surface area contributed by atoms with E-state index < -0.39 is 0 Å². The summed E-state index contributed by atoms with van der Waals surface area (Å²) in [6.07, 6.45) is 5.82. The van der Waals surface area contributed by atoms with Crippen LogP contribution in [0.2, 0.25) is 0 Å². The maximum atomic E-state index is 12.5. The average molecular weight is 386 g/mol. The van der Waals surface area contributed by atoms with Crippen LogP contribution in [0.1, 0.15) is 37.0 Å². The first-order valence-electron chi connectivity index (χ1n) is 9.71. The summed E-state index contributed by atoms with van der Waals surface area (Å²) in [7, 11) is 1.61. The molecule has 2 aromatic rings. The second-order valence-corrected chi connectivity index (χ2v) is 8.49. The first-order valence-corrected chi connectivity index (χ1v) is 10.6. The Kier molecular flexibility index (Phi) is 5.64. The van der Waals surface area contributed by atoms with Gasteiger partial charge in [0.15, 0.2) is 0 Å². The number of amides is 2. The lowest BCUT2D eigenvalue weighted by Crippen LogP contribution is -2.56. The molecule has 1 aromatic carbocycles. The number of rotatable bonds is 5. The number of hydrogen-bond donors (Lipinski definition) is 2. The van der Waals surface area contributed by atoms with Gasteiger partial charge in [-0.1, -0.05) is 24.6 Å². The molecule has 2 fully saturated rings. The highest BCUT2D eigenvalue weighted by molar-refractivity contribution is 7.09. The van der Waals surface area contributed by atoms with E-state index in [1.165, 1.54) is 24.1 Å². The number of hydrogen-bond acceptors (Lipinski definition) is 4. The molecule has 2 aliphatic rings. The number of anilines is 1. The molecule has 0 saturated carbocycles. The molecule has 2 atom stereocenters. The van der Waals surface area contributed by atoms with Crippen LogP contribution < -0.4 is 15.4 Å². The highest BCUT2D eigenvalue weighted by Crippen LogP contribution is 2.35. The number of para-hydroxylation sites is 2. The minimum Gasteiger partial charge on any atom is -0.495 e. The van der Waals surface area contributed by atoms with E-state index in [1.54, 1.807) is 7.11 Å². The molecule has 2 unspecified atom stereocenters. The largest absolute Gasteiger partial charge is 0.495 e. The Morgan fingerprint density at radius 3 is 2.67 bits per heavy atom. The van der Waals surface area contributed by atoms with Crippen LogP contribution in [0.25, 0.3) is 0 Å². The molecule has 0 radical (unpaired) electrons. The van der Waals surface area contributed by atoms with Crippen molar-refractivity contribution in [1.29, 1.82) is 0 Å². The first-order chi connectivity index (χ1) is 13.2. The van der Waals surface area contributed by atoms with E-state index in [2.05, 4.69) is 33.0 Å². The van der Waals surface area contributed by atoms with Gasteiger partial charge in [-0.2, -0.15) is 0 Å². The van der Waals surface area contributed by atoms with E-state index in [4.69, 9.17) is 4.74 Å². The van der Waals surface area contributed by atoms with Gasteiger partial charge in [-0.05, 0) is 49.3 Å². The number of benzene rings is 1. The quantitative estimate of drug-likeness (QED) is 0.799. The molecule has 2 amide bonds. The van der Waals surface area contributed by atoms with Crippen molar-refractivity contribution in [3.05, 3.63) is 46.7 Å². The van der Waals surface area contributed by atoms with Gasteiger partial charge in [-0.25, -0.2) is 4.79 Å². The van der Waals surface area contributed by atoms with Gasteiger partial charge in [0.2, 0.25) is 0 Å². The number of nitrogens with one attached hydrogen (secondary N) is 2. The lowest BCUT2D eigenvalue weighted by atomic mass is 9.81. The molecule has 144 valence electrons. The molecule has 4 rings (SSSR count). The third-order valence-corrected chi connectivity index (χ3v) is 6.60. The fourth-order valence-corrected chi connectivity index (χ4v) is 5.24. The zero-order valence-electron chi connectivity index (χ0n) is 15.7. The Morgan fingerprint density at radius 1 is 1.19 bits per heavy atom. The summed E-state index contributed by atoms with van der Waals surface area (Å²) < 4.78 is 5.31. The van der Waals surface area contributed by atoms with E-state index in [0.717, 1.165) is 19.4 Å². The lowest BCUT2D eigenvalue weighted by Gasteiger charge is -2.48. The fourth-order valence-electron chi connectivity index (χ4n) is 4.53. The molecule has 2 N–H and O–H groups in total. The topological polar surface area (TPSA) is 53.6 Å². The normalized spacial score (nSPS) is 25.0. The summed E-state index contributed by atoms with van der Waals surface area (Å²) in [5.74, 6) is 0.676. The third kappa shape index (κ3) is 4.28. The van der Waals surface area contributed by atoms with Crippen LogP contribution in [0.4, 0.5) is 10.5 Å². The summed E-state index contributed by atoms with van der Waals surface area (Å²) in [6.45, 7) is 1.05. The third-order valence-electron chi connectivity index (χ3n) is 5.73. The summed E-state index contributed by atoms with van der Waals surface area (Å²) in [5, 5.41) is 8.29. The first kappa shape index (κ1) is 18.3. The highest BCUT2D eigenvalue weighted by atomic mass is 32.1. The van der Waals surface area contributed by atoms with E-state index >= 15 is 0 Å². The Morgan fingerprint density at radius 2 is 1.96 bits per heavy atom. The number of fused-ring (bicyclic) bond motifs is 2. The van der Waals surface area contributed by atoms with Crippen LogP contribution in [0.3, 0.4) is 0 Å². The number of piperidine rings is 2. The van der Waals surface area contributed by atoms with Crippen LogP contribution in [0, 0.1) is 0 Å². The molecule has 6 heteroatoms. The average Bonchev–Trinajstić information content (AvgIpc) is 3.16. The molecule has 2 saturated heterocycles. The van der Waals surface area contributed by atoms with E-state index in [9.17, 15) is 4.79 Å². The Bertz CT molecular complexity index is 751. The van der Waals surface area contributed by atoms with Crippen molar-refractivity contribution < 1.29 is 9.53 Å². The predicted octanol–water partition coefficient (Wildman–Crippen LogP) is 4.46. The van der Waals surface area contributed by atoms with Crippen molar-refractivity contribution in [3.8, 4) is 5.75 Å². The maximum Gasteiger partial charge on any atom is 0.319 e. The van der Waals surface area contributed by atoms with Crippen LogP contribution >= 0.6 is 11.3 Å². The second kappa shape index (κ2) is 8.31. The molecule has 2 bridgehead atoms.